The number of carbonyl (C=O) groups is 1. The van der Waals surface area contributed by atoms with Crippen LogP contribution in [-0.2, 0) is 11.3 Å². The Kier molecular flexibility index (Phi) is 6.01. The Morgan fingerprint density at radius 1 is 1.23 bits per heavy atom. The van der Waals surface area contributed by atoms with Crippen molar-refractivity contribution >= 4 is 34.2 Å². The van der Waals surface area contributed by atoms with Crippen LogP contribution in [0.5, 0.6) is 0 Å². The van der Waals surface area contributed by atoms with Gasteiger partial charge in [0.05, 0.1) is 12.3 Å². The molecule has 1 amide bonds. The molecule has 134 valence electrons. The van der Waals surface area contributed by atoms with E-state index in [0.29, 0.717) is 18.7 Å². The topological polar surface area (TPSA) is 65.8 Å². The Labute approximate surface area is 155 Å². The largest absolute Gasteiger partial charge is 0.326 e. The first kappa shape index (κ1) is 18.1. The smallest absolute Gasteiger partial charge is 0.224 e. The van der Waals surface area contributed by atoms with Crippen LogP contribution in [0.3, 0.4) is 0 Å². The van der Waals surface area contributed by atoms with Crippen molar-refractivity contribution in [2.24, 2.45) is 10.1 Å². The minimum atomic E-state index is -0.249. The molecule has 0 unspecified atom stereocenters. The maximum absolute atomic E-state index is 12.9. The van der Waals surface area contributed by atoms with E-state index >= 15 is 0 Å². The average Bonchev–Trinajstić information content (AvgIpc) is 2.68. The highest BCUT2D eigenvalue weighted by Gasteiger charge is 2.13. The highest BCUT2D eigenvalue weighted by Crippen LogP contribution is 2.17. The van der Waals surface area contributed by atoms with Crippen LogP contribution >= 0.6 is 11.8 Å². The van der Waals surface area contributed by atoms with E-state index in [2.05, 4.69) is 20.8 Å². The van der Waals surface area contributed by atoms with Crippen molar-refractivity contribution in [1.29, 1.82) is 0 Å². The fourth-order valence-corrected chi connectivity index (χ4v) is 3.06. The van der Waals surface area contributed by atoms with E-state index in [9.17, 15) is 9.18 Å². The number of nitrogens with one attached hydrogen (secondary N) is 2. The van der Waals surface area contributed by atoms with Gasteiger partial charge in [0, 0.05) is 17.9 Å². The van der Waals surface area contributed by atoms with Crippen molar-refractivity contribution in [3.05, 3.63) is 65.5 Å². The molecule has 7 heteroatoms. The standard InChI is InChI=1S/C19H19FN4OS/c1-2-18(25)22-16-9-5-14(6-10-16)17-12-26-19(24-23-17)21-11-13-3-7-15(20)8-4-13/h3-10H,2,11-12H2,1H3,(H,21,24)(H,22,25). The number of hydrogen-bond acceptors (Lipinski definition) is 4. The second-order valence-corrected chi connectivity index (χ2v) is 6.65. The van der Waals surface area contributed by atoms with Crippen molar-refractivity contribution in [2.75, 3.05) is 11.1 Å². The lowest BCUT2D eigenvalue weighted by Crippen LogP contribution is -2.25. The zero-order valence-corrected chi connectivity index (χ0v) is 15.1. The summed E-state index contributed by atoms with van der Waals surface area (Å²) in [4.78, 5) is 15.9. The summed E-state index contributed by atoms with van der Waals surface area (Å²) in [6, 6.07) is 13.9. The number of thioether (sulfide) groups is 1. The van der Waals surface area contributed by atoms with Crippen LogP contribution in [0.1, 0.15) is 24.5 Å². The molecule has 0 aromatic heterocycles. The molecule has 0 atom stereocenters. The molecule has 1 heterocycles. The molecule has 26 heavy (non-hydrogen) atoms. The molecule has 0 aliphatic carbocycles. The fourth-order valence-electron chi connectivity index (χ4n) is 2.29. The first-order valence-corrected chi connectivity index (χ1v) is 9.27. The lowest BCUT2D eigenvalue weighted by molar-refractivity contribution is -0.115. The van der Waals surface area contributed by atoms with Gasteiger partial charge in [-0.1, -0.05) is 43.0 Å². The normalized spacial score (nSPS) is 15.3. The number of rotatable bonds is 5. The van der Waals surface area contributed by atoms with Crippen molar-refractivity contribution in [2.45, 2.75) is 19.9 Å². The predicted molar refractivity (Wildman–Crippen MR) is 105 cm³/mol. The van der Waals surface area contributed by atoms with Gasteiger partial charge < -0.3 is 5.32 Å². The molecule has 0 saturated carbocycles. The highest BCUT2D eigenvalue weighted by molar-refractivity contribution is 8.14. The minimum Gasteiger partial charge on any atom is -0.326 e. The van der Waals surface area contributed by atoms with Gasteiger partial charge in [0.2, 0.25) is 5.91 Å². The zero-order valence-electron chi connectivity index (χ0n) is 14.3. The van der Waals surface area contributed by atoms with Gasteiger partial charge in [0.25, 0.3) is 0 Å². The third-order valence-corrected chi connectivity index (χ3v) is 4.69. The second kappa shape index (κ2) is 8.62. The number of amidine groups is 1. The maximum Gasteiger partial charge on any atom is 0.224 e. The summed E-state index contributed by atoms with van der Waals surface area (Å²) in [6.07, 6.45) is 0.453. The molecule has 5 nitrogen and oxygen atoms in total. The molecule has 0 spiro atoms. The number of hydrazone groups is 1. The summed E-state index contributed by atoms with van der Waals surface area (Å²) in [5, 5.41) is 7.94. The molecule has 3 rings (SSSR count). The van der Waals surface area contributed by atoms with Gasteiger partial charge in [-0.05, 0) is 35.4 Å². The number of anilines is 1. The molecule has 0 saturated heterocycles. The number of aliphatic imine (C=N–C) groups is 1. The van der Waals surface area contributed by atoms with E-state index in [4.69, 9.17) is 0 Å². The summed E-state index contributed by atoms with van der Waals surface area (Å²) in [7, 11) is 0. The Balaban J connectivity index is 1.59. The number of halogens is 1. The van der Waals surface area contributed by atoms with Gasteiger partial charge in [-0.2, -0.15) is 5.10 Å². The van der Waals surface area contributed by atoms with Gasteiger partial charge in [-0.15, -0.1) is 0 Å². The molecular weight excluding hydrogens is 351 g/mol. The summed E-state index contributed by atoms with van der Waals surface area (Å²) in [5.41, 5.74) is 6.60. The highest BCUT2D eigenvalue weighted by atomic mass is 32.2. The van der Waals surface area contributed by atoms with Gasteiger partial charge in [-0.25, -0.2) is 4.39 Å². The lowest BCUT2D eigenvalue weighted by Gasteiger charge is -2.15. The molecular formula is C19H19FN4OS. The Bertz CT molecular complexity index is 832. The number of carbonyl (C=O) groups excluding carboxylic acids is 1. The number of amides is 1. The summed E-state index contributed by atoms with van der Waals surface area (Å²) in [6.45, 7) is 2.30. The van der Waals surface area contributed by atoms with Crippen molar-refractivity contribution in [3.8, 4) is 0 Å². The van der Waals surface area contributed by atoms with Crippen molar-refractivity contribution in [1.82, 2.24) is 5.43 Å². The quantitative estimate of drug-likeness (QED) is 0.842. The lowest BCUT2D eigenvalue weighted by atomic mass is 10.1. The van der Waals surface area contributed by atoms with Crippen LogP contribution in [-0.4, -0.2) is 22.5 Å². The van der Waals surface area contributed by atoms with Gasteiger partial charge in [-0.3, -0.25) is 15.2 Å². The van der Waals surface area contributed by atoms with E-state index in [1.807, 2.05) is 31.2 Å². The number of nitrogens with zero attached hydrogens (tertiary/aromatic N) is 2. The van der Waals surface area contributed by atoms with Crippen LogP contribution in [0, 0.1) is 5.82 Å². The molecule has 2 aromatic carbocycles. The SMILES string of the molecule is CCC(=O)Nc1ccc(C2=NNC(=NCc3ccc(F)cc3)SC2)cc1. The maximum atomic E-state index is 12.9. The second-order valence-electron chi connectivity index (χ2n) is 5.69. The number of benzene rings is 2. The van der Waals surface area contributed by atoms with Crippen LogP contribution in [0.2, 0.25) is 0 Å². The first-order chi connectivity index (χ1) is 12.6. The van der Waals surface area contributed by atoms with E-state index in [1.165, 1.54) is 12.1 Å². The van der Waals surface area contributed by atoms with E-state index in [-0.39, 0.29) is 11.7 Å². The monoisotopic (exact) mass is 370 g/mol. The third kappa shape index (κ3) is 4.92. The van der Waals surface area contributed by atoms with E-state index in [0.717, 1.165) is 27.7 Å². The Morgan fingerprint density at radius 2 is 1.96 bits per heavy atom. The van der Waals surface area contributed by atoms with E-state index in [1.54, 1.807) is 23.9 Å². The first-order valence-electron chi connectivity index (χ1n) is 8.28. The van der Waals surface area contributed by atoms with Crippen LogP contribution in [0.15, 0.2) is 58.6 Å². The van der Waals surface area contributed by atoms with Gasteiger partial charge in [0.15, 0.2) is 5.17 Å². The zero-order chi connectivity index (χ0) is 18.4. The van der Waals surface area contributed by atoms with Crippen LogP contribution in [0.4, 0.5) is 10.1 Å². The average molecular weight is 370 g/mol. The molecule has 0 bridgehead atoms. The van der Waals surface area contributed by atoms with E-state index < -0.39 is 0 Å². The Morgan fingerprint density at radius 3 is 2.58 bits per heavy atom. The molecule has 1 aliphatic rings. The molecule has 2 aromatic rings. The van der Waals surface area contributed by atoms with Crippen LogP contribution < -0.4 is 10.7 Å². The summed E-state index contributed by atoms with van der Waals surface area (Å²) < 4.78 is 12.9. The molecule has 2 N–H and O–H groups in total. The van der Waals surface area contributed by atoms with Crippen LogP contribution in [0.25, 0.3) is 0 Å². The summed E-state index contributed by atoms with van der Waals surface area (Å²) in [5.74, 6) is 0.448. The van der Waals surface area contributed by atoms with Gasteiger partial charge in [0.1, 0.15) is 5.82 Å². The van der Waals surface area contributed by atoms with Crippen molar-refractivity contribution < 1.29 is 9.18 Å². The van der Waals surface area contributed by atoms with Crippen molar-refractivity contribution in [3.63, 3.8) is 0 Å². The third-order valence-electron chi connectivity index (χ3n) is 3.77. The molecule has 0 radical (unpaired) electrons. The minimum absolute atomic E-state index is 0.00742. The summed E-state index contributed by atoms with van der Waals surface area (Å²) >= 11 is 1.57. The number of hydrogen-bond donors (Lipinski definition) is 2. The Hall–Kier alpha value is -2.67. The van der Waals surface area contributed by atoms with Gasteiger partial charge >= 0.3 is 0 Å². The molecule has 1 aliphatic heterocycles. The fraction of sp³-hybridized carbons (Fsp3) is 0.211. The predicted octanol–water partition coefficient (Wildman–Crippen LogP) is 3.77. The molecule has 0 fully saturated rings.